The number of carbonyl (C=O) groups excluding carboxylic acids is 2. The van der Waals surface area contributed by atoms with Crippen LogP contribution >= 0.6 is 0 Å². The van der Waals surface area contributed by atoms with Gasteiger partial charge in [0, 0.05) is 6.07 Å². The number of esters is 1. The minimum absolute atomic E-state index is 0.119. The number of hydrogen-bond donors (Lipinski definition) is 0. The maximum Gasteiger partial charge on any atom is 0.337 e. The predicted octanol–water partition coefficient (Wildman–Crippen LogP) is 2.28. The molecule has 104 valence electrons. The Bertz CT molecular complexity index is 620. The fourth-order valence-corrected chi connectivity index (χ4v) is 2.65. The number of ketones is 1. The van der Waals surface area contributed by atoms with Crippen LogP contribution in [0.2, 0.25) is 0 Å². The number of allylic oxidation sites excluding steroid dienone is 1. The van der Waals surface area contributed by atoms with Crippen molar-refractivity contribution in [2.24, 2.45) is 5.92 Å². The van der Waals surface area contributed by atoms with Gasteiger partial charge in [-0.3, -0.25) is 4.79 Å². The van der Waals surface area contributed by atoms with Crippen LogP contribution in [0.15, 0.2) is 29.8 Å². The van der Waals surface area contributed by atoms with E-state index in [-0.39, 0.29) is 18.1 Å². The molecule has 3 rings (SSSR count). The molecule has 0 aromatic heterocycles. The first-order valence-electron chi connectivity index (χ1n) is 6.49. The Hall–Kier alpha value is -2.17. The Morgan fingerprint density at radius 1 is 1.50 bits per heavy atom. The number of ether oxygens (including phenoxy) is 2. The molecule has 1 heterocycles. The molecule has 0 saturated carbocycles. The fourth-order valence-electron chi connectivity index (χ4n) is 2.65. The summed E-state index contributed by atoms with van der Waals surface area (Å²) in [6.07, 6.45) is 1.44. The first-order valence-corrected chi connectivity index (χ1v) is 6.49. The van der Waals surface area contributed by atoms with Crippen LogP contribution in [0.1, 0.15) is 23.7 Å². The molecule has 0 amide bonds. The van der Waals surface area contributed by atoms with E-state index in [1.165, 1.54) is 18.2 Å². The average molecular weight is 276 g/mol. The fraction of sp³-hybridized carbons (Fsp3) is 0.333. The van der Waals surface area contributed by atoms with Crippen LogP contribution in [0.5, 0.6) is 5.75 Å². The molecule has 0 unspecified atom stereocenters. The monoisotopic (exact) mass is 276 g/mol. The number of Topliss-reactive ketones (excluding diaryl/α,β-unsaturated/α-hetero) is 1. The van der Waals surface area contributed by atoms with E-state index in [1.54, 1.807) is 13.0 Å². The van der Waals surface area contributed by atoms with E-state index < -0.39 is 23.8 Å². The molecule has 5 heteroatoms. The standard InChI is InChI=1S/C15H13FO4/c1-2-19-15(18)11-6-5-10-13(17)9-4-3-8(16)7-12(9)20-14(10)11/h3-4,6-7,10,14H,2,5H2,1H3/t10-,14-/m0/s1. The zero-order valence-electron chi connectivity index (χ0n) is 10.9. The smallest absolute Gasteiger partial charge is 0.337 e. The molecule has 0 N–H and O–H groups in total. The summed E-state index contributed by atoms with van der Waals surface area (Å²) in [5.74, 6) is -1.31. The molecule has 0 spiro atoms. The summed E-state index contributed by atoms with van der Waals surface area (Å²) in [7, 11) is 0. The molecule has 1 aliphatic heterocycles. The average Bonchev–Trinajstić information content (AvgIpc) is 2.83. The van der Waals surface area contributed by atoms with Gasteiger partial charge < -0.3 is 9.47 Å². The lowest BCUT2D eigenvalue weighted by molar-refractivity contribution is -0.139. The minimum atomic E-state index is -0.671. The summed E-state index contributed by atoms with van der Waals surface area (Å²) in [4.78, 5) is 24.2. The molecule has 0 bridgehead atoms. The molecule has 1 aromatic rings. The largest absolute Gasteiger partial charge is 0.484 e. The summed E-state index contributed by atoms with van der Waals surface area (Å²) in [6, 6.07) is 3.82. The van der Waals surface area contributed by atoms with Gasteiger partial charge in [-0.15, -0.1) is 0 Å². The summed E-state index contributed by atoms with van der Waals surface area (Å²) in [6.45, 7) is 1.97. The van der Waals surface area contributed by atoms with Crippen LogP contribution in [0, 0.1) is 11.7 Å². The first kappa shape index (κ1) is 12.8. The number of carbonyl (C=O) groups is 2. The highest BCUT2D eigenvalue weighted by atomic mass is 19.1. The van der Waals surface area contributed by atoms with Crippen LogP contribution in [0.4, 0.5) is 4.39 Å². The number of rotatable bonds is 2. The van der Waals surface area contributed by atoms with Crippen molar-refractivity contribution in [1.29, 1.82) is 0 Å². The molecule has 1 aromatic carbocycles. The molecular formula is C15H13FO4. The Balaban J connectivity index is 1.94. The molecule has 0 radical (unpaired) electrons. The van der Waals surface area contributed by atoms with Crippen molar-refractivity contribution in [2.75, 3.05) is 6.61 Å². The van der Waals surface area contributed by atoms with E-state index in [2.05, 4.69) is 0 Å². The van der Waals surface area contributed by atoms with Crippen LogP contribution in [0.25, 0.3) is 0 Å². The van der Waals surface area contributed by atoms with E-state index in [9.17, 15) is 14.0 Å². The number of fused-ring (bicyclic) bond motifs is 2. The van der Waals surface area contributed by atoms with E-state index in [0.29, 0.717) is 17.6 Å². The van der Waals surface area contributed by atoms with Gasteiger partial charge in [0.2, 0.25) is 0 Å². The van der Waals surface area contributed by atoms with Gasteiger partial charge in [-0.1, -0.05) is 6.08 Å². The van der Waals surface area contributed by atoms with Crippen LogP contribution in [-0.2, 0) is 9.53 Å². The number of halogens is 1. The third kappa shape index (κ3) is 1.90. The highest BCUT2D eigenvalue weighted by molar-refractivity contribution is 6.04. The van der Waals surface area contributed by atoms with E-state index in [4.69, 9.17) is 9.47 Å². The third-order valence-electron chi connectivity index (χ3n) is 3.57. The molecule has 4 nitrogen and oxygen atoms in total. The molecule has 2 atom stereocenters. The van der Waals surface area contributed by atoms with Crippen molar-refractivity contribution < 1.29 is 23.5 Å². The van der Waals surface area contributed by atoms with E-state index in [1.807, 2.05) is 0 Å². The number of hydrogen-bond acceptors (Lipinski definition) is 4. The lowest BCUT2D eigenvalue weighted by Crippen LogP contribution is -2.37. The second kappa shape index (κ2) is 4.74. The summed E-state index contributed by atoms with van der Waals surface area (Å²) in [5, 5.41) is 0. The van der Waals surface area contributed by atoms with Crippen LogP contribution < -0.4 is 4.74 Å². The zero-order valence-corrected chi connectivity index (χ0v) is 10.9. The quantitative estimate of drug-likeness (QED) is 0.778. The second-order valence-electron chi connectivity index (χ2n) is 4.77. The summed E-state index contributed by atoms with van der Waals surface area (Å²) >= 11 is 0. The van der Waals surface area contributed by atoms with E-state index in [0.717, 1.165) is 0 Å². The van der Waals surface area contributed by atoms with Gasteiger partial charge in [0.1, 0.15) is 17.7 Å². The van der Waals surface area contributed by atoms with Gasteiger partial charge in [-0.25, -0.2) is 9.18 Å². The summed E-state index contributed by atoms with van der Waals surface area (Å²) < 4.78 is 23.9. The molecule has 1 aliphatic carbocycles. The molecule has 20 heavy (non-hydrogen) atoms. The first-order chi connectivity index (χ1) is 9.61. The van der Waals surface area contributed by atoms with E-state index >= 15 is 0 Å². The topological polar surface area (TPSA) is 52.6 Å². The maximum absolute atomic E-state index is 13.2. The van der Waals surface area contributed by atoms with Crippen molar-refractivity contribution >= 4 is 11.8 Å². The second-order valence-corrected chi connectivity index (χ2v) is 4.77. The Morgan fingerprint density at radius 2 is 2.30 bits per heavy atom. The third-order valence-corrected chi connectivity index (χ3v) is 3.57. The van der Waals surface area contributed by atoms with Gasteiger partial charge in [0.15, 0.2) is 5.78 Å². The van der Waals surface area contributed by atoms with Gasteiger partial charge >= 0.3 is 5.97 Å². The molecule has 0 fully saturated rings. The number of benzene rings is 1. The SMILES string of the molecule is CCOC(=O)C1=CC[C@H]2C(=O)c3ccc(F)cc3O[C@H]12. The highest BCUT2D eigenvalue weighted by Crippen LogP contribution is 2.39. The van der Waals surface area contributed by atoms with Crippen molar-refractivity contribution in [2.45, 2.75) is 19.4 Å². The van der Waals surface area contributed by atoms with Gasteiger partial charge in [0.25, 0.3) is 0 Å². The predicted molar refractivity (Wildman–Crippen MR) is 68.0 cm³/mol. The Kier molecular flexibility index (Phi) is 3.04. The van der Waals surface area contributed by atoms with Gasteiger partial charge in [0.05, 0.1) is 23.7 Å². The van der Waals surface area contributed by atoms with Gasteiger partial charge in [-0.2, -0.15) is 0 Å². The maximum atomic E-state index is 13.2. The normalized spacial score (nSPS) is 23.5. The Morgan fingerprint density at radius 3 is 3.05 bits per heavy atom. The van der Waals surface area contributed by atoms with Crippen molar-refractivity contribution in [3.63, 3.8) is 0 Å². The van der Waals surface area contributed by atoms with Crippen molar-refractivity contribution in [3.05, 3.63) is 41.2 Å². The summed E-state index contributed by atoms with van der Waals surface area (Å²) in [5.41, 5.74) is 0.714. The zero-order chi connectivity index (χ0) is 14.3. The highest BCUT2D eigenvalue weighted by Gasteiger charge is 2.44. The molecular weight excluding hydrogens is 263 g/mol. The lowest BCUT2D eigenvalue weighted by Gasteiger charge is -2.29. The van der Waals surface area contributed by atoms with Crippen molar-refractivity contribution in [1.82, 2.24) is 0 Å². The molecule has 0 saturated heterocycles. The molecule has 2 aliphatic rings. The lowest BCUT2D eigenvalue weighted by atomic mass is 9.89. The van der Waals surface area contributed by atoms with Gasteiger partial charge in [-0.05, 0) is 25.5 Å². The van der Waals surface area contributed by atoms with Crippen molar-refractivity contribution in [3.8, 4) is 5.75 Å². The Labute approximate surface area is 115 Å². The van der Waals surface area contributed by atoms with Crippen LogP contribution in [0.3, 0.4) is 0 Å². The van der Waals surface area contributed by atoms with Crippen LogP contribution in [-0.4, -0.2) is 24.5 Å². The minimum Gasteiger partial charge on any atom is -0.484 e.